The van der Waals surface area contributed by atoms with Gasteiger partial charge in [0.25, 0.3) is 0 Å². The Hall–Kier alpha value is -2.65. The third-order valence-electron chi connectivity index (χ3n) is 3.61. The number of phenols is 1. The van der Waals surface area contributed by atoms with Crippen molar-refractivity contribution in [2.45, 2.75) is 5.16 Å². The number of imidazole rings is 1. The van der Waals surface area contributed by atoms with E-state index in [1.54, 1.807) is 12.1 Å². The van der Waals surface area contributed by atoms with Crippen molar-refractivity contribution in [3.05, 3.63) is 47.9 Å². The molecule has 4 rings (SSSR count). The average Bonchev–Trinajstić information content (AvgIpc) is 3.18. The van der Waals surface area contributed by atoms with Crippen LogP contribution in [0.3, 0.4) is 0 Å². The predicted molar refractivity (Wildman–Crippen MR) is 93.5 cm³/mol. The molecule has 0 aliphatic rings. The van der Waals surface area contributed by atoms with Crippen molar-refractivity contribution in [1.29, 1.82) is 0 Å². The van der Waals surface area contributed by atoms with Crippen LogP contribution in [0, 0.1) is 5.82 Å². The van der Waals surface area contributed by atoms with Crippen LogP contribution in [0.15, 0.2) is 47.2 Å². The van der Waals surface area contributed by atoms with E-state index in [2.05, 4.69) is 15.0 Å². The molecule has 25 heavy (non-hydrogen) atoms. The summed E-state index contributed by atoms with van der Waals surface area (Å²) in [6, 6.07) is 5.76. The van der Waals surface area contributed by atoms with Crippen molar-refractivity contribution >= 4 is 27.1 Å². The van der Waals surface area contributed by atoms with Gasteiger partial charge in [-0.05, 0) is 24.3 Å². The van der Waals surface area contributed by atoms with Crippen molar-refractivity contribution < 1.29 is 13.7 Å². The van der Waals surface area contributed by atoms with Crippen LogP contribution in [-0.4, -0.2) is 34.9 Å². The lowest BCUT2D eigenvalue weighted by Crippen LogP contribution is -1.99. The molecule has 1 atom stereocenters. The predicted octanol–water partition coefficient (Wildman–Crippen LogP) is 3.10. The van der Waals surface area contributed by atoms with E-state index >= 15 is 0 Å². The van der Waals surface area contributed by atoms with E-state index in [1.807, 2.05) is 16.0 Å². The first-order valence-electron chi connectivity index (χ1n) is 7.16. The van der Waals surface area contributed by atoms with Crippen LogP contribution in [0.1, 0.15) is 0 Å². The first kappa shape index (κ1) is 15.9. The average molecular weight is 374 g/mol. The summed E-state index contributed by atoms with van der Waals surface area (Å²) >= 11 is 1.44. The van der Waals surface area contributed by atoms with E-state index in [9.17, 15) is 13.7 Å². The van der Waals surface area contributed by atoms with E-state index in [1.165, 1.54) is 35.9 Å². The van der Waals surface area contributed by atoms with Crippen LogP contribution in [-0.2, 0) is 10.8 Å². The Morgan fingerprint density at radius 2 is 2.12 bits per heavy atom. The fraction of sp³-hybridized carbons (Fsp3) is 0.0625. The molecule has 0 bridgehead atoms. The molecule has 0 radical (unpaired) electrons. The minimum Gasteiger partial charge on any atom is -0.505 e. The Morgan fingerprint density at radius 1 is 1.28 bits per heavy atom. The summed E-state index contributed by atoms with van der Waals surface area (Å²) < 4.78 is 27.0. The smallest absolute Gasteiger partial charge is 0.218 e. The highest BCUT2D eigenvalue weighted by molar-refractivity contribution is 7.84. The molecule has 0 saturated carbocycles. The maximum Gasteiger partial charge on any atom is 0.218 e. The van der Waals surface area contributed by atoms with E-state index in [-0.39, 0.29) is 5.16 Å². The summed E-state index contributed by atoms with van der Waals surface area (Å²) in [6.07, 6.45) is 4.89. The molecule has 1 aromatic carbocycles. The summed E-state index contributed by atoms with van der Waals surface area (Å²) in [5.41, 5.74) is 2.32. The molecule has 0 aliphatic carbocycles. The van der Waals surface area contributed by atoms with Gasteiger partial charge in [0.15, 0.2) is 16.5 Å². The number of hydrogen-bond acceptors (Lipinski definition) is 6. The molecule has 4 aromatic rings. The fourth-order valence-corrected chi connectivity index (χ4v) is 3.65. The maximum atomic E-state index is 13.4. The lowest BCUT2D eigenvalue weighted by molar-refractivity contribution is 0.432. The van der Waals surface area contributed by atoms with E-state index in [0.29, 0.717) is 22.6 Å². The number of rotatable bonds is 3. The van der Waals surface area contributed by atoms with Gasteiger partial charge in [-0.3, -0.25) is 8.61 Å². The Kier molecular flexibility index (Phi) is 3.81. The Balaban J connectivity index is 1.99. The first-order valence-corrected chi connectivity index (χ1v) is 9.59. The monoisotopic (exact) mass is 374 g/mol. The minimum absolute atomic E-state index is 0.218. The molecule has 1 unspecified atom stereocenters. The van der Waals surface area contributed by atoms with Gasteiger partial charge in [0.2, 0.25) is 5.16 Å². The quantitative estimate of drug-likeness (QED) is 0.558. The van der Waals surface area contributed by atoms with Crippen LogP contribution in [0.5, 0.6) is 5.75 Å². The van der Waals surface area contributed by atoms with Gasteiger partial charge in [-0.15, -0.1) is 11.3 Å². The first-order chi connectivity index (χ1) is 12.0. The van der Waals surface area contributed by atoms with Crippen LogP contribution in [0.4, 0.5) is 4.39 Å². The van der Waals surface area contributed by atoms with Crippen LogP contribution in [0.25, 0.3) is 27.6 Å². The molecule has 0 amide bonds. The zero-order chi connectivity index (χ0) is 17.6. The summed E-state index contributed by atoms with van der Waals surface area (Å²) in [5, 5.41) is 11.8. The maximum absolute atomic E-state index is 13.4. The van der Waals surface area contributed by atoms with Gasteiger partial charge in [0.1, 0.15) is 5.69 Å². The van der Waals surface area contributed by atoms with Crippen molar-refractivity contribution in [2.75, 3.05) is 6.26 Å². The Bertz CT molecular complexity index is 1120. The molecule has 0 aliphatic heterocycles. The lowest BCUT2D eigenvalue weighted by Gasteiger charge is -2.06. The van der Waals surface area contributed by atoms with Gasteiger partial charge in [-0.2, -0.15) is 0 Å². The van der Waals surface area contributed by atoms with Gasteiger partial charge in [0, 0.05) is 29.6 Å². The number of benzene rings is 1. The molecule has 0 saturated heterocycles. The highest BCUT2D eigenvalue weighted by Gasteiger charge is 2.19. The summed E-state index contributed by atoms with van der Waals surface area (Å²) in [5.74, 6) is -1.14. The number of aromatic hydroxyl groups is 1. The lowest BCUT2D eigenvalue weighted by atomic mass is 10.1. The van der Waals surface area contributed by atoms with Crippen molar-refractivity contribution in [2.24, 2.45) is 0 Å². The number of aromatic nitrogens is 4. The summed E-state index contributed by atoms with van der Waals surface area (Å²) in [4.78, 5) is 13.7. The van der Waals surface area contributed by atoms with E-state index in [4.69, 9.17) is 0 Å². The second-order valence-electron chi connectivity index (χ2n) is 5.21. The summed E-state index contributed by atoms with van der Waals surface area (Å²) in [6.45, 7) is 0. The second kappa shape index (κ2) is 6.01. The SMILES string of the molecule is CS(=O)c1nccc(-c2c(-c3ccc(F)c(O)c3)nc3sccn23)n1. The highest BCUT2D eigenvalue weighted by Crippen LogP contribution is 2.35. The standard InChI is InChI=1S/C16H11FN4O2S2/c1-25(23)15-18-5-4-11(19-15)14-13(20-16-21(14)6-7-24-16)9-2-3-10(17)12(22)8-9/h2-8,22H,1H3. The zero-order valence-electron chi connectivity index (χ0n) is 12.9. The third-order valence-corrected chi connectivity index (χ3v) is 5.08. The molecule has 6 nitrogen and oxygen atoms in total. The number of thiazole rings is 1. The highest BCUT2D eigenvalue weighted by atomic mass is 32.2. The fourth-order valence-electron chi connectivity index (χ4n) is 2.50. The molecular formula is C16H11FN4O2S2. The van der Waals surface area contributed by atoms with Crippen molar-refractivity contribution in [3.63, 3.8) is 0 Å². The zero-order valence-corrected chi connectivity index (χ0v) is 14.5. The largest absolute Gasteiger partial charge is 0.505 e. The number of nitrogens with zero attached hydrogens (tertiary/aromatic N) is 4. The number of fused-ring (bicyclic) bond motifs is 1. The number of hydrogen-bond donors (Lipinski definition) is 1. The Labute approximate surface area is 148 Å². The van der Waals surface area contributed by atoms with Crippen molar-refractivity contribution in [3.8, 4) is 28.4 Å². The topological polar surface area (TPSA) is 80.4 Å². The van der Waals surface area contributed by atoms with Crippen LogP contribution in [0.2, 0.25) is 0 Å². The van der Waals surface area contributed by atoms with E-state index < -0.39 is 22.4 Å². The molecule has 0 fully saturated rings. The van der Waals surface area contributed by atoms with Gasteiger partial charge in [-0.25, -0.2) is 19.3 Å². The molecule has 9 heteroatoms. The molecule has 1 N–H and O–H groups in total. The minimum atomic E-state index is -1.32. The second-order valence-corrected chi connectivity index (χ2v) is 7.36. The normalized spacial score (nSPS) is 12.6. The van der Waals surface area contributed by atoms with Gasteiger partial charge in [-0.1, -0.05) is 0 Å². The molecule has 3 aromatic heterocycles. The molecule has 0 spiro atoms. The third kappa shape index (κ3) is 2.71. The molecule has 126 valence electrons. The van der Waals surface area contributed by atoms with Crippen LogP contribution < -0.4 is 0 Å². The number of phenolic OH excluding ortho intramolecular Hbond substituents is 1. The Morgan fingerprint density at radius 3 is 2.88 bits per heavy atom. The van der Waals surface area contributed by atoms with Gasteiger partial charge < -0.3 is 5.11 Å². The number of halogens is 1. The molecular weight excluding hydrogens is 363 g/mol. The molecule has 3 heterocycles. The van der Waals surface area contributed by atoms with E-state index in [0.717, 1.165) is 4.96 Å². The van der Waals surface area contributed by atoms with Crippen LogP contribution >= 0.6 is 11.3 Å². The van der Waals surface area contributed by atoms with Gasteiger partial charge in [0.05, 0.1) is 22.2 Å². The van der Waals surface area contributed by atoms with Crippen molar-refractivity contribution in [1.82, 2.24) is 19.4 Å². The summed E-state index contributed by atoms with van der Waals surface area (Å²) in [7, 11) is -1.32. The van der Waals surface area contributed by atoms with Gasteiger partial charge >= 0.3 is 0 Å².